The topological polar surface area (TPSA) is 7.12 Å². The number of fused-ring (bicyclic) bond motifs is 1. The van der Waals surface area contributed by atoms with Crippen molar-refractivity contribution < 1.29 is 21.5 Å². The van der Waals surface area contributed by atoms with Gasteiger partial charge in [0.2, 0.25) is 5.69 Å². The molecule has 1 aromatic heterocycles. The highest BCUT2D eigenvalue weighted by molar-refractivity contribution is 5.81. The van der Waals surface area contributed by atoms with Crippen molar-refractivity contribution in [2.45, 2.75) is 38.6 Å². The van der Waals surface area contributed by atoms with Crippen molar-refractivity contribution in [2.24, 2.45) is 0 Å². The largest absolute Gasteiger partial charge is 1.00 e. The van der Waals surface area contributed by atoms with E-state index in [-0.39, 0.29) is 17.0 Å². The molecule has 3 aliphatic rings. The molecule has 0 amide bonds. The quantitative estimate of drug-likeness (QED) is 0.655. The molecule has 1 aromatic carbocycles. The summed E-state index contributed by atoms with van der Waals surface area (Å²) in [6.45, 7) is 3.63. The van der Waals surface area contributed by atoms with Crippen LogP contribution in [0.1, 0.15) is 41.6 Å². The van der Waals surface area contributed by atoms with Crippen LogP contribution < -0.4 is 26.4 Å². The van der Waals surface area contributed by atoms with Crippen molar-refractivity contribution in [3.8, 4) is 0 Å². The fourth-order valence-corrected chi connectivity index (χ4v) is 4.59. The zero-order chi connectivity index (χ0) is 15.2. The number of hydrogen-bond donors (Lipinski definition) is 0. The maximum Gasteiger partial charge on any atom is 0.208 e. The molecule has 0 radical (unpaired) electrons. The minimum Gasteiger partial charge on any atom is -1.00 e. The average molecular weight is 383 g/mol. The van der Waals surface area contributed by atoms with E-state index in [4.69, 9.17) is 0 Å². The van der Waals surface area contributed by atoms with Crippen molar-refractivity contribution in [1.82, 2.24) is 0 Å². The lowest BCUT2D eigenvalue weighted by atomic mass is 9.89. The molecule has 0 spiro atoms. The third-order valence-corrected chi connectivity index (χ3v) is 5.59. The number of pyridine rings is 1. The Morgan fingerprint density at radius 3 is 2.46 bits per heavy atom. The highest BCUT2D eigenvalue weighted by Gasteiger charge is 2.25. The van der Waals surface area contributed by atoms with E-state index >= 15 is 0 Å². The van der Waals surface area contributed by atoms with Gasteiger partial charge in [0.15, 0.2) is 12.7 Å². The Morgan fingerprint density at radius 1 is 0.958 bits per heavy atom. The van der Waals surface area contributed by atoms with E-state index in [0.29, 0.717) is 0 Å². The number of hydrogen-bond acceptors (Lipinski definition) is 1. The van der Waals surface area contributed by atoms with Crippen molar-refractivity contribution in [3.05, 3.63) is 58.9 Å². The summed E-state index contributed by atoms with van der Waals surface area (Å²) in [5, 5.41) is 0. The molecule has 2 nitrogen and oxygen atoms in total. The van der Waals surface area contributed by atoms with Gasteiger partial charge in [0.1, 0.15) is 0 Å². The van der Waals surface area contributed by atoms with E-state index in [1.807, 2.05) is 0 Å². The van der Waals surface area contributed by atoms with E-state index in [1.165, 1.54) is 55.6 Å². The van der Waals surface area contributed by atoms with E-state index in [2.05, 4.69) is 52.1 Å². The molecule has 5 rings (SSSR count). The van der Waals surface area contributed by atoms with Crippen molar-refractivity contribution >= 4 is 17.3 Å². The smallest absolute Gasteiger partial charge is 0.208 e. The number of benzene rings is 1. The minimum atomic E-state index is 0. The number of halogens is 1. The maximum absolute atomic E-state index is 2.62. The number of nitrogens with zero attached hydrogens (tertiary/aromatic N) is 2. The zero-order valence-electron chi connectivity index (χ0n) is 14.0. The van der Waals surface area contributed by atoms with Crippen LogP contribution in [0.25, 0.3) is 11.6 Å². The third kappa shape index (κ3) is 2.59. The molecule has 0 saturated carbocycles. The second-order valence-electron chi connectivity index (χ2n) is 7.08. The highest BCUT2D eigenvalue weighted by Crippen LogP contribution is 2.37. The Morgan fingerprint density at radius 2 is 1.71 bits per heavy atom. The number of aromatic nitrogens is 1. The lowest BCUT2D eigenvalue weighted by Gasteiger charge is -2.37. The molecule has 0 saturated heterocycles. The first-order chi connectivity index (χ1) is 11.4. The molecule has 2 aromatic rings. The van der Waals surface area contributed by atoms with Gasteiger partial charge in [-0.3, -0.25) is 0 Å². The second-order valence-corrected chi connectivity index (χ2v) is 7.08. The van der Waals surface area contributed by atoms with Crippen LogP contribution >= 0.6 is 0 Å². The second kappa shape index (κ2) is 6.36. The van der Waals surface area contributed by atoms with Gasteiger partial charge in [-0.15, -0.1) is 0 Å². The minimum absolute atomic E-state index is 0. The van der Waals surface area contributed by atoms with Gasteiger partial charge in [-0.2, -0.15) is 4.57 Å². The molecule has 0 aliphatic carbocycles. The summed E-state index contributed by atoms with van der Waals surface area (Å²) >= 11 is 0. The zero-order valence-corrected chi connectivity index (χ0v) is 15.6. The van der Waals surface area contributed by atoms with Gasteiger partial charge < -0.3 is 21.9 Å². The maximum atomic E-state index is 2.62. The molecule has 0 bridgehead atoms. The van der Waals surface area contributed by atoms with Crippen molar-refractivity contribution in [3.63, 3.8) is 0 Å². The molecule has 0 N–H and O–H groups in total. The lowest BCUT2D eigenvalue weighted by molar-refractivity contribution is -0.689. The average Bonchev–Trinajstić information content (AvgIpc) is 2.99. The summed E-state index contributed by atoms with van der Waals surface area (Å²) in [6.07, 6.45) is 10.9. The van der Waals surface area contributed by atoms with Gasteiger partial charge in [-0.25, -0.2) is 0 Å². The molecule has 3 heteroatoms. The van der Waals surface area contributed by atoms with Gasteiger partial charge in [-0.05, 0) is 66.6 Å². The van der Waals surface area contributed by atoms with Crippen LogP contribution in [-0.4, -0.2) is 13.1 Å². The predicted molar refractivity (Wildman–Crippen MR) is 94.4 cm³/mol. The number of anilines is 1. The van der Waals surface area contributed by atoms with Gasteiger partial charge >= 0.3 is 0 Å². The van der Waals surface area contributed by atoms with Crippen molar-refractivity contribution in [1.29, 1.82) is 0 Å². The van der Waals surface area contributed by atoms with Crippen LogP contribution in [0.3, 0.4) is 0 Å². The first-order valence-electron chi connectivity index (χ1n) is 8.99. The van der Waals surface area contributed by atoms with E-state index < -0.39 is 0 Å². The fraction of sp³-hybridized carbons (Fsp3) is 0.381. The predicted octanol–water partition coefficient (Wildman–Crippen LogP) is 0.621. The normalized spacial score (nSPS) is 19.7. The van der Waals surface area contributed by atoms with E-state index in [0.717, 1.165) is 13.0 Å². The van der Waals surface area contributed by atoms with Crippen LogP contribution in [-0.2, 0) is 19.4 Å². The Bertz CT molecular complexity index is 778. The Labute approximate surface area is 154 Å². The van der Waals surface area contributed by atoms with Gasteiger partial charge in [0.25, 0.3) is 0 Å². The molecule has 0 unspecified atom stereocenters. The van der Waals surface area contributed by atoms with Crippen LogP contribution in [0.15, 0.2) is 36.5 Å². The van der Waals surface area contributed by atoms with Crippen LogP contribution in [0.2, 0.25) is 0 Å². The number of rotatable bonds is 1. The van der Waals surface area contributed by atoms with E-state index in [9.17, 15) is 0 Å². The Balaban J connectivity index is 0.00000146. The molecule has 0 atom stereocenters. The highest BCUT2D eigenvalue weighted by atomic mass is 79.9. The standard InChI is InChI=1S/C21H23N2.BrH/c1-2-9-22-12-8-17(20(22)7-1)13-16-14-18-5-3-10-23-11-4-6-19(15-16)21(18)23;/h1-2,7,9,13-15H,3-6,8,10-12H2;1H/q+1;/p-1. The van der Waals surface area contributed by atoms with Crippen LogP contribution in [0.4, 0.5) is 5.69 Å². The number of aryl methyl sites for hydroxylation is 3. The summed E-state index contributed by atoms with van der Waals surface area (Å²) in [7, 11) is 0. The Hall–Kier alpha value is -1.61. The lowest BCUT2D eigenvalue weighted by Crippen LogP contribution is -3.00. The van der Waals surface area contributed by atoms with Gasteiger partial charge in [0, 0.05) is 42.9 Å². The molecule has 0 fully saturated rings. The molecule has 24 heavy (non-hydrogen) atoms. The molecule has 4 heterocycles. The Kier molecular flexibility index (Phi) is 4.21. The van der Waals surface area contributed by atoms with E-state index in [1.54, 1.807) is 16.8 Å². The first-order valence-corrected chi connectivity index (χ1v) is 8.99. The summed E-state index contributed by atoms with van der Waals surface area (Å²) in [4.78, 5) is 2.62. The fourth-order valence-electron chi connectivity index (χ4n) is 4.59. The van der Waals surface area contributed by atoms with Crippen LogP contribution in [0.5, 0.6) is 0 Å². The monoisotopic (exact) mass is 382 g/mol. The summed E-state index contributed by atoms with van der Waals surface area (Å²) in [5.41, 5.74) is 9.03. The summed E-state index contributed by atoms with van der Waals surface area (Å²) < 4.78 is 2.37. The molecular formula is C21H23BrN2. The third-order valence-electron chi connectivity index (χ3n) is 5.59. The van der Waals surface area contributed by atoms with Crippen LogP contribution in [0, 0.1) is 0 Å². The van der Waals surface area contributed by atoms with Crippen molar-refractivity contribution in [2.75, 3.05) is 18.0 Å². The SMILES string of the molecule is C(=C1/CC[n+]2ccccc21)/c1cc2c3c(c1)CCCN3CCC2.[Br-]. The molecule has 124 valence electrons. The van der Waals surface area contributed by atoms with Gasteiger partial charge in [-0.1, -0.05) is 0 Å². The summed E-state index contributed by atoms with van der Waals surface area (Å²) in [5.74, 6) is 0. The number of allylic oxidation sites excluding steroid dienone is 1. The van der Waals surface area contributed by atoms with Gasteiger partial charge in [0.05, 0.1) is 0 Å². The summed E-state index contributed by atoms with van der Waals surface area (Å²) in [6, 6.07) is 11.4. The molecule has 3 aliphatic heterocycles. The first kappa shape index (κ1) is 15.9. The molecular weight excluding hydrogens is 360 g/mol.